The summed E-state index contributed by atoms with van der Waals surface area (Å²) < 4.78 is 2.43. The predicted octanol–water partition coefficient (Wildman–Crippen LogP) is 4.23. The number of hydrogen-bond acceptors (Lipinski definition) is 2. The normalized spacial score (nSPS) is 15.9. The molecule has 1 heterocycles. The van der Waals surface area contributed by atoms with Crippen molar-refractivity contribution in [1.29, 1.82) is 0 Å². The average Bonchev–Trinajstić information content (AvgIpc) is 2.79. The Morgan fingerprint density at radius 2 is 1.87 bits per heavy atom. The number of halogens is 1. The molecule has 0 amide bonds. The monoisotopic (exact) mass is 379 g/mol. The van der Waals surface area contributed by atoms with Crippen molar-refractivity contribution in [3.8, 4) is 0 Å². The third kappa shape index (κ3) is 3.00. The van der Waals surface area contributed by atoms with Crippen molar-refractivity contribution < 1.29 is 19.8 Å². The predicted molar refractivity (Wildman–Crippen MR) is 90.1 cm³/mol. The van der Waals surface area contributed by atoms with E-state index in [9.17, 15) is 19.8 Å². The van der Waals surface area contributed by atoms with E-state index in [4.69, 9.17) is 0 Å². The SMILES string of the molecule is O=C(O)Cn1c(Br)c(C2CCCCC2)c2ccc(C(=O)O)cc21. The van der Waals surface area contributed by atoms with Crippen LogP contribution in [0.15, 0.2) is 22.8 Å². The number of aliphatic carboxylic acids is 1. The van der Waals surface area contributed by atoms with Crippen molar-refractivity contribution in [1.82, 2.24) is 4.57 Å². The van der Waals surface area contributed by atoms with Crippen LogP contribution in [0.5, 0.6) is 0 Å². The zero-order chi connectivity index (χ0) is 16.6. The lowest BCUT2D eigenvalue weighted by Crippen LogP contribution is -2.10. The number of aromatic carboxylic acids is 1. The van der Waals surface area contributed by atoms with Crippen molar-refractivity contribution >= 4 is 38.8 Å². The lowest BCUT2D eigenvalue weighted by Gasteiger charge is -2.22. The van der Waals surface area contributed by atoms with Crippen molar-refractivity contribution in [3.05, 3.63) is 33.9 Å². The molecule has 3 rings (SSSR count). The number of carboxylic acid groups (broad SMARTS) is 2. The largest absolute Gasteiger partial charge is 0.480 e. The van der Waals surface area contributed by atoms with Crippen LogP contribution >= 0.6 is 15.9 Å². The van der Waals surface area contributed by atoms with Crippen LogP contribution in [0.4, 0.5) is 0 Å². The summed E-state index contributed by atoms with van der Waals surface area (Å²) in [6.07, 6.45) is 5.77. The molecule has 1 fully saturated rings. The topological polar surface area (TPSA) is 79.5 Å². The highest BCUT2D eigenvalue weighted by Crippen LogP contribution is 2.42. The minimum atomic E-state index is -1.01. The van der Waals surface area contributed by atoms with Crippen LogP contribution < -0.4 is 0 Å². The first-order valence-corrected chi connectivity index (χ1v) is 8.55. The third-order valence-corrected chi connectivity index (χ3v) is 5.45. The van der Waals surface area contributed by atoms with Crippen LogP contribution in [-0.2, 0) is 11.3 Å². The number of hydrogen-bond donors (Lipinski definition) is 2. The van der Waals surface area contributed by atoms with Crippen molar-refractivity contribution in [2.75, 3.05) is 0 Å². The molecule has 2 aromatic rings. The molecule has 1 aliphatic rings. The standard InChI is InChI=1S/C17H18BrNO4/c18-16-15(10-4-2-1-3-5-10)12-7-6-11(17(22)23)8-13(12)19(16)9-14(20)21/h6-8,10H,1-5,9H2,(H,20,21)(H,22,23). The molecule has 0 aliphatic heterocycles. The second kappa shape index (κ2) is 6.35. The smallest absolute Gasteiger partial charge is 0.335 e. The Morgan fingerprint density at radius 3 is 2.48 bits per heavy atom. The van der Waals surface area contributed by atoms with Crippen molar-refractivity contribution in [2.45, 2.75) is 44.6 Å². The minimum absolute atomic E-state index is 0.171. The lowest BCUT2D eigenvalue weighted by molar-refractivity contribution is -0.137. The second-order valence-electron chi connectivity index (χ2n) is 6.06. The van der Waals surface area contributed by atoms with E-state index in [1.807, 2.05) is 6.07 Å². The highest BCUT2D eigenvalue weighted by atomic mass is 79.9. The summed E-state index contributed by atoms with van der Waals surface area (Å²) >= 11 is 3.57. The zero-order valence-corrected chi connectivity index (χ0v) is 14.2. The maximum absolute atomic E-state index is 11.2. The van der Waals surface area contributed by atoms with E-state index < -0.39 is 11.9 Å². The van der Waals surface area contributed by atoms with E-state index >= 15 is 0 Å². The Kier molecular flexibility index (Phi) is 4.43. The number of fused-ring (bicyclic) bond motifs is 1. The van der Waals surface area contributed by atoms with Gasteiger partial charge in [0.15, 0.2) is 0 Å². The Bertz CT molecular complexity index is 774. The fraction of sp³-hybridized carbons (Fsp3) is 0.412. The van der Waals surface area contributed by atoms with Gasteiger partial charge in [-0.2, -0.15) is 0 Å². The van der Waals surface area contributed by atoms with Gasteiger partial charge in [0.05, 0.1) is 15.7 Å². The minimum Gasteiger partial charge on any atom is -0.480 e. The molecule has 1 saturated carbocycles. The van der Waals surface area contributed by atoms with E-state index in [1.165, 1.54) is 19.3 Å². The van der Waals surface area contributed by atoms with Gasteiger partial charge in [0.2, 0.25) is 0 Å². The molecule has 0 saturated heterocycles. The molecule has 0 spiro atoms. The molecule has 122 valence electrons. The Morgan fingerprint density at radius 1 is 1.17 bits per heavy atom. The van der Waals surface area contributed by atoms with Crippen molar-refractivity contribution in [3.63, 3.8) is 0 Å². The number of aromatic nitrogens is 1. The van der Waals surface area contributed by atoms with E-state index in [0.29, 0.717) is 11.4 Å². The molecule has 1 aromatic heterocycles. The molecule has 2 N–H and O–H groups in total. The fourth-order valence-corrected chi connectivity index (χ4v) is 4.40. The first-order chi connectivity index (χ1) is 11.0. The molecule has 1 aliphatic carbocycles. The average molecular weight is 380 g/mol. The number of rotatable bonds is 4. The van der Waals surface area contributed by atoms with Crippen LogP contribution in [0, 0.1) is 0 Å². The maximum Gasteiger partial charge on any atom is 0.335 e. The number of nitrogens with zero attached hydrogens (tertiary/aromatic N) is 1. The van der Waals surface area contributed by atoms with Crippen molar-refractivity contribution in [2.24, 2.45) is 0 Å². The quantitative estimate of drug-likeness (QED) is 0.832. The van der Waals surface area contributed by atoms with Crippen LogP contribution in [-0.4, -0.2) is 26.7 Å². The van der Waals surface area contributed by atoms with Gasteiger partial charge < -0.3 is 14.8 Å². The Labute approximate surface area is 142 Å². The molecule has 0 unspecified atom stereocenters. The Hall–Kier alpha value is -1.82. The van der Waals surface area contributed by atoms with Crippen LogP contribution in [0.1, 0.15) is 53.9 Å². The van der Waals surface area contributed by atoms with Gasteiger partial charge in [0.25, 0.3) is 0 Å². The molecule has 0 radical (unpaired) electrons. The molecular weight excluding hydrogens is 362 g/mol. The van der Waals surface area contributed by atoms with Gasteiger partial charge in [0.1, 0.15) is 6.54 Å². The van der Waals surface area contributed by atoms with Crippen LogP contribution in [0.2, 0.25) is 0 Å². The highest BCUT2D eigenvalue weighted by Gasteiger charge is 2.25. The van der Waals surface area contributed by atoms with Gasteiger partial charge >= 0.3 is 11.9 Å². The lowest BCUT2D eigenvalue weighted by atomic mass is 9.84. The van der Waals surface area contributed by atoms with E-state index in [1.54, 1.807) is 16.7 Å². The fourth-order valence-electron chi connectivity index (χ4n) is 3.55. The molecule has 6 heteroatoms. The summed E-state index contributed by atoms with van der Waals surface area (Å²) in [6, 6.07) is 4.97. The number of carbonyl (C=O) groups is 2. The third-order valence-electron chi connectivity index (χ3n) is 4.59. The summed E-state index contributed by atoms with van der Waals surface area (Å²) in [7, 11) is 0. The summed E-state index contributed by atoms with van der Waals surface area (Å²) in [6.45, 7) is -0.188. The number of benzene rings is 1. The molecule has 5 nitrogen and oxygen atoms in total. The first-order valence-electron chi connectivity index (χ1n) is 7.75. The summed E-state index contributed by atoms with van der Waals surface area (Å²) in [5.41, 5.74) is 1.96. The molecule has 1 aromatic carbocycles. The van der Waals surface area contributed by atoms with Crippen LogP contribution in [0.3, 0.4) is 0 Å². The first kappa shape index (κ1) is 16.1. The van der Waals surface area contributed by atoms with Gasteiger partial charge in [-0.15, -0.1) is 0 Å². The molecule has 23 heavy (non-hydrogen) atoms. The van der Waals surface area contributed by atoms with E-state index in [2.05, 4.69) is 15.9 Å². The van der Waals surface area contributed by atoms with E-state index in [-0.39, 0.29) is 12.1 Å². The van der Waals surface area contributed by atoms with Crippen LogP contribution in [0.25, 0.3) is 10.9 Å². The maximum atomic E-state index is 11.2. The van der Waals surface area contributed by atoms with Gasteiger partial charge in [0, 0.05) is 5.39 Å². The second-order valence-corrected chi connectivity index (χ2v) is 6.81. The highest BCUT2D eigenvalue weighted by molar-refractivity contribution is 9.10. The Balaban J connectivity index is 2.20. The summed E-state index contributed by atoms with van der Waals surface area (Å²) in [5.74, 6) is -1.56. The number of carboxylic acids is 2. The zero-order valence-electron chi connectivity index (χ0n) is 12.6. The molecular formula is C17H18BrNO4. The van der Waals surface area contributed by atoms with E-state index in [0.717, 1.165) is 28.4 Å². The summed E-state index contributed by atoms with van der Waals surface area (Å²) in [5, 5.41) is 19.3. The van der Waals surface area contributed by atoms with Gasteiger partial charge in [-0.25, -0.2) is 4.79 Å². The van der Waals surface area contributed by atoms with Gasteiger partial charge in [-0.1, -0.05) is 25.3 Å². The summed E-state index contributed by atoms with van der Waals surface area (Å²) in [4.78, 5) is 22.4. The molecule has 0 atom stereocenters. The van der Waals surface area contributed by atoms with Gasteiger partial charge in [-0.3, -0.25) is 4.79 Å². The van der Waals surface area contributed by atoms with Gasteiger partial charge in [-0.05, 0) is 52.4 Å². The molecule has 0 bridgehead atoms.